The largest absolute Gasteiger partial charge is 0.377 e. The van der Waals surface area contributed by atoms with E-state index in [1.54, 1.807) is 14.0 Å². The molecular formula is C9H19NO3S. The van der Waals surface area contributed by atoms with Crippen molar-refractivity contribution in [3.8, 4) is 0 Å². The molecule has 0 radical (unpaired) electrons. The van der Waals surface area contributed by atoms with Crippen molar-refractivity contribution in [1.82, 2.24) is 5.32 Å². The number of ether oxygens (including phenoxy) is 1. The maximum Gasteiger partial charge on any atom is 0.156 e. The Bertz CT molecular complexity index is 257. The zero-order valence-electron chi connectivity index (χ0n) is 8.82. The number of sulfone groups is 1. The molecule has 1 fully saturated rings. The second-order valence-electron chi connectivity index (χ2n) is 3.83. The highest BCUT2D eigenvalue weighted by molar-refractivity contribution is 7.92. The van der Waals surface area contributed by atoms with E-state index in [0.717, 1.165) is 12.8 Å². The van der Waals surface area contributed by atoms with Gasteiger partial charge >= 0.3 is 0 Å². The average molecular weight is 221 g/mol. The van der Waals surface area contributed by atoms with Gasteiger partial charge in [-0.2, -0.15) is 0 Å². The van der Waals surface area contributed by atoms with E-state index >= 15 is 0 Å². The first kappa shape index (κ1) is 11.9. The SMILES string of the molecule is CNCC(C)S(=O)(=O)CC1CCCO1. The molecule has 5 heteroatoms. The quantitative estimate of drug-likeness (QED) is 0.720. The van der Waals surface area contributed by atoms with Crippen LogP contribution in [0.1, 0.15) is 19.8 Å². The molecule has 1 aliphatic heterocycles. The van der Waals surface area contributed by atoms with Crippen molar-refractivity contribution in [3.63, 3.8) is 0 Å². The minimum atomic E-state index is -2.99. The highest BCUT2D eigenvalue weighted by atomic mass is 32.2. The Balaban J connectivity index is 2.47. The summed E-state index contributed by atoms with van der Waals surface area (Å²) < 4.78 is 28.8. The minimum absolute atomic E-state index is 0.0701. The van der Waals surface area contributed by atoms with Gasteiger partial charge in [0.15, 0.2) is 9.84 Å². The summed E-state index contributed by atoms with van der Waals surface area (Å²) in [6, 6.07) is 0. The van der Waals surface area contributed by atoms with Crippen molar-refractivity contribution in [2.75, 3.05) is 26.0 Å². The van der Waals surface area contributed by atoms with Crippen LogP contribution in [0.25, 0.3) is 0 Å². The molecule has 0 bridgehead atoms. The van der Waals surface area contributed by atoms with Crippen LogP contribution in [-0.4, -0.2) is 45.7 Å². The smallest absolute Gasteiger partial charge is 0.156 e. The van der Waals surface area contributed by atoms with Gasteiger partial charge in [-0.3, -0.25) is 0 Å². The second kappa shape index (κ2) is 5.09. The normalized spacial score (nSPS) is 25.1. The first-order chi connectivity index (χ1) is 6.56. The fourth-order valence-corrected chi connectivity index (χ4v) is 3.14. The summed E-state index contributed by atoms with van der Waals surface area (Å²) in [5.41, 5.74) is 0. The van der Waals surface area contributed by atoms with E-state index in [9.17, 15) is 8.42 Å². The summed E-state index contributed by atoms with van der Waals surface area (Å²) in [4.78, 5) is 0. The highest BCUT2D eigenvalue weighted by Crippen LogP contribution is 2.15. The van der Waals surface area contributed by atoms with Crippen molar-refractivity contribution in [3.05, 3.63) is 0 Å². The number of nitrogens with one attached hydrogen (secondary N) is 1. The summed E-state index contributed by atoms with van der Waals surface area (Å²) in [5, 5.41) is 2.56. The predicted octanol–water partition coefficient (Wildman–Crippen LogP) is 0.188. The number of hydrogen-bond donors (Lipinski definition) is 1. The molecule has 0 spiro atoms. The molecule has 0 saturated carbocycles. The van der Waals surface area contributed by atoms with Gasteiger partial charge in [-0.15, -0.1) is 0 Å². The Morgan fingerprint density at radius 3 is 2.79 bits per heavy atom. The van der Waals surface area contributed by atoms with Crippen molar-refractivity contribution in [2.45, 2.75) is 31.1 Å². The molecule has 0 aromatic heterocycles. The zero-order chi connectivity index (χ0) is 10.6. The third kappa shape index (κ3) is 3.22. The molecule has 0 aromatic rings. The first-order valence-corrected chi connectivity index (χ1v) is 6.75. The van der Waals surface area contributed by atoms with Gasteiger partial charge in [-0.05, 0) is 26.8 Å². The Labute approximate surface area is 85.9 Å². The first-order valence-electron chi connectivity index (χ1n) is 5.04. The Morgan fingerprint density at radius 1 is 1.57 bits per heavy atom. The van der Waals surface area contributed by atoms with Crippen LogP contribution in [0.3, 0.4) is 0 Å². The molecule has 2 atom stereocenters. The fraction of sp³-hybridized carbons (Fsp3) is 1.00. The maximum atomic E-state index is 11.8. The lowest BCUT2D eigenvalue weighted by molar-refractivity contribution is 0.127. The zero-order valence-corrected chi connectivity index (χ0v) is 9.64. The summed E-state index contributed by atoms with van der Waals surface area (Å²) in [7, 11) is -1.23. The predicted molar refractivity (Wildman–Crippen MR) is 56.1 cm³/mol. The summed E-state index contributed by atoms with van der Waals surface area (Å²) in [6.45, 7) is 2.95. The third-order valence-electron chi connectivity index (χ3n) is 2.55. The molecule has 4 nitrogen and oxygen atoms in total. The monoisotopic (exact) mass is 221 g/mol. The van der Waals surface area contributed by atoms with Crippen LogP contribution in [0.4, 0.5) is 0 Å². The maximum absolute atomic E-state index is 11.8. The van der Waals surface area contributed by atoms with Gasteiger partial charge in [0.25, 0.3) is 0 Å². The van der Waals surface area contributed by atoms with E-state index in [0.29, 0.717) is 13.2 Å². The molecule has 1 N–H and O–H groups in total. The van der Waals surface area contributed by atoms with Crippen molar-refractivity contribution in [2.24, 2.45) is 0 Å². The molecule has 0 aromatic carbocycles. The van der Waals surface area contributed by atoms with Crippen molar-refractivity contribution in [1.29, 1.82) is 0 Å². The third-order valence-corrected chi connectivity index (χ3v) is 4.78. The van der Waals surface area contributed by atoms with Gasteiger partial charge in [0.2, 0.25) is 0 Å². The summed E-state index contributed by atoms with van der Waals surface area (Å²) >= 11 is 0. The second-order valence-corrected chi connectivity index (χ2v) is 6.30. The Kier molecular flexibility index (Phi) is 4.34. The van der Waals surface area contributed by atoms with E-state index in [2.05, 4.69) is 5.32 Å². The van der Waals surface area contributed by atoms with Gasteiger partial charge in [0.1, 0.15) is 0 Å². The van der Waals surface area contributed by atoms with Crippen LogP contribution in [0.15, 0.2) is 0 Å². The Morgan fingerprint density at radius 2 is 2.29 bits per heavy atom. The standard InChI is InChI=1S/C9H19NO3S/c1-8(6-10-2)14(11,12)7-9-4-3-5-13-9/h8-10H,3-7H2,1-2H3. The van der Waals surface area contributed by atoms with Crippen LogP contribution in [-0.2, 0) is 14.6 Å². The van der Waals surface area contributed by atoms with Crippen LogP contribution in [0.2, 0.25) is 0 Å². The van der Waals surface area contributed by atoms with Crippen LogP contribution < -0.4 is 5.32 Å². The van der Waals surface area contributed by atoms with E-state index in [-0.39, 0.29) is 17.1 Å². The molecule has 84 valence electrons. The molecule has 1 heterocycles. The molecule has 0 amide bonds. The summed E-state index contributed by atoms with van der Waals surface area (Å²) in [5.74, 6) is 0.176. The molecule has 2 unspecified atom stereocenters. The van der Waals surface area contributed by atoms with Gasteiger partial charge in [-0.25, -0.2) is 8.42 Å². The van der Waals surface area contributed by atoms with Gasteiger partial charge in [0.05, 0.1) is 17.1 Å². The molecule has 14 heavy (non-hydrogen) atoms. The molecule has 0 aliphatic carbocycles. The van der Waals surface area contributed by atoms with Crippen LogP contribution in [0, 0.1) is 0 Å². The molecule has 1 rings (SSSR count). The van der Waals surface area contributed by atoms with Gasteiger partial charge in [0, 0.05) is 13.2 Å². The van der Waals surface area contributed by atoms with Crippen molar-refractivity contribution >= 4 is 9.84 Å². The summed E-state index contributed by atoms with van der Waals surface area (Å²) in [6.07, 6.45) is 1.80. The lowest BCUT2D eigenvalue weighted by atomic mass is 10.3. The molecule has 1 aliphatic rings. The van der Waals surface area contributed by atoms with Crippen LogP contribution in [0.5, 0.6) is 0 Å². The van der Waals surface area contributed by atoms with E-state index in [1.165, 1.54) is 0 Å². The van der Waals surface area contributed by atoms with E-state index < -0.39 is 9.84 Å². The van der Waals surface area contributed by atoms with Gasteiger partial charge in [-0.1, -0.05) is 0 Å². The van der Waals surface area contributed by atoms with E-state index in [4.69, 9.17) is 4.74 Å². The Hall–Kier alpha value is -0.130. The number of rotatable bonds is 5. The lowest BCUT2D eigenvalue weighted by Crippen LogP contribution is -2.34. The highest BCUT2D eigenvalue weighted by Gasteiger charge is 2.27. The van der Waals surface area contributed by atoms with Gasteiger partial charge < -0.3 is 10.1 Å². The minimum Gasteiger partial charge on any atom is -0.377 e. The van der Waals surface area contributed by atoms with Crippen molar-refractivity contribution < 1.29 is 13.2 Å². The average Bonchev–Trinajstić information content (AvgIpc) is 2.56. The van der Waals surface area contributed by atoms with E-state index in [1.807, 2.05) is 0 Å². The molecular weight excluding hydrogens is 202 g/mol. The topological polar surface area (TPSA) is 55.4 Å². The van der Waals surface area contributed by atoms with Crippen LogP contribution >= 0.6 is 0 Å². The number of hydrogen-bond acceptors (Lipinski definition) is 4. The fourth-order valence-electron chi connectivity index (χ4n) is 1.61. The lowest BCUT2D eigenvalue weighted by Gasteiger charge is -2.15. The molecule has 1 saturated heterocycles.